The van der Waals surface area contributed by atoms with E-state index in [0.29, 0.717) is 18.1 Å². The van der Waals surface area contributed by atoms with Crippen molar-refractivity contribution in [2.24, 2.45) is 5.18 Å². The highest BCUT2D eigenvalue weighted by Gasteiger charge is 2.47. The number of hydrogen-bond donors (Lipinski definition) is 1. The molecule has 0 bridgehead atoms. The van der Waals surface area contributed by atoms with Crippen LogP contribution in [-0.2, 0) is 22.1 Å². The van der Waals surface area contributed by atoms with E-state index in [4.69, 9.17) is 9.47 Å². The Morgan fingerprint density at radius 1 is 1.03 bits per heavy atom. The van der Waals surface area contributed by atoms with Crippen LogP contribution in [-0.4, -0.2) is 22.1 Å². The zero-order valence-corrected chi connectivity index (χ0v) is 18.8. The monoisotopic (exact) mass is 463 g/mol. The second-order valence-corrected chi connectivity index (χ2v) is 8.72. The molecule has 0 fully saturated rings. The van der Waals surface area contributed by atoms with Crippen molar-refractivity contribution in [3.05, 3.63) is 63.8 Å². The van der Waals surface area contributed by atoms with E-state index in [1.54, 1.807) is 39.8 Å². The topological polar surface area (TPSA) is 85.2 Å². The summed E-state index contributed by atoms with van der Waals surface area (Å²) in [6.07, 6.45) is -4.26. The average Bonchev–Trinajstić information content (AvgIpc) is 2.72. The van der Waals surface area contributed by atoms with Gasteiger partial charge in [-0.3, -0.25) is 4.79 Å². The number of ketones is 1. The molecule has 6 nitrogen and oxygen atoms in total. The Morgan fingerprint density at radius 3 is 2.21 bits per heavy atom. The summed E-state index contributed by atoms with van der Waals surface area (Å²) in [7, 11) is 0. The van der Waals surface area contributed by atoms with Gasteiger partial charge in [0.05, 0.1) is 11.1 Å². The molecule has 1 N–H and O–H groups in total. The first-order valence-electron chi connectivity index (χ1n) is 10.3. The molecule has 1 heterocycles. The third-order valence-corrected chi connectivity index (χ3v) is 5.43. The van der Waals surface area contributed by atoms with Crippen LogP contribution in [0.4, 0.5) is 18.9 Å². The van der Waals surface area contributed by atoms with Crippen molar-refractivity contribution in [3.8, 4) is 11.5 Å². The Labute approximate surface area is 189 Å². The number of carbonyl (C=O) groups excluding carboxylic acids is 1. The van der Waals surface area contributed by atoms with Crippen molar-refractivity contribution in [1.82, 2.24) is 0 Å². The third-order valence-electron chi connectivity index (χ3n) is 5.43. The Bertz CT molecular complexity index is 1150. The Kier molecular flexibility index (Phi) is 6.14. The first-order chi connectivity index (χ1) is 15.2. The molecule has 33 heavy (non-hydrogen) atoms. The maximum atomic E-state index is 13.3. The van der Waals surface area contributed by atoms with Crippen LogP contribution in [0.25, 0.3) is 5.57 Å². The van der Waals surface area contributed by atoms with Crippen LogP contribution in [0.5, 0.6) is 11.5 Å². The number of alkyl halides is 3. The fourth-order valence-electron chi connectivity index (χ4n) is 3.87. The Morgan fingerprint density at radius 2 is 1.64 bits per heavy atom. The van der Waals surface area contributed by atoms with Gasteiger partial charge in [0.1, 0.15) is 34.1 Å². The number of nitrogens with zero attached hydrogens (tertiary/aromatic N) is 1. The van der Waals surface area contributed by atoms with Crippen LogP contribution in [0.2, 0.25) is 0 Å². The molecule has 0 unspecified atom stereocenters. The van der Waals surface area contributed by atoms with Gasteiger partial charge in [0.2, 0.25) is 0 Å². The lowest BCUT2D eigenvalue weighted by atomic mass is 9.81. The SMILES string of the molecule is CCc1ccc(Oc2ccc(N=O)c(C(F)(F)F)c2)cc1C1=C(O)C(C)(C)OC(C)(C)C1=O. The van der Waals surface area contributed by atoms with E-state index >= 15 is 0 Å². The number of ether oxygens (including phenoxy) is 2. The van der Waals surface area contributed by atoms with Crippen molar-refractivity contribution in [2.45, 2.75) is 58.4 Å². The lowest BCUT2D eigenvalue weighted by Crippen LogP contribution is -2.49. The van der Waals surface area contributed by atoms with Gasteiger partial charge < -0.3 is 14.6 Å². The van der Waals surface area contributed by atoms with Crippen LogP contribution in [0.15, 0.2) is 47.3 Å². The minimum Gasteiger partial charge on any atom is -0.508 e. The number of carbonyl (C=O) groups is 1. The van der Waals surface area contributed by atoms with Gasteiger partial charge in [-0.1, -0.05) is 13.0 Å². The van der Waals surface area contributed by atoms with Crippen LogP contribution >= 0.6 is 0 Å². The normalized spacial score (nSPS) is 17.8. The van der Waals surface area contributed by atoms with E-state index in [-0.39, 0.29) is 22.8 Å². The number of aliphatic hydroxyl groups excluding tert-OH is 1. The molecule has 0 radical (unpaired) electrons. The minimum absolute atomic E-state index is 0.0787. The van der Waals surface area contributed by atoms with Gasteiger partial charge in [0.25, 0.3) is 0 Å². The summed E-state index contributed by atoms with van der Waals surface area (Å²) in [5.41, 5.74) is -3.07. The van der Waals surface area contributed by atoms with E-state index in [1.165, 1.54) is 12.1 Å². The fourth-order valence-corrected chi connectivity index (χ4v) is 3.87. The summed E-state index contributed by atoms with van der Waals surface area (Å²) >= 11 is 0. The second-order valence-electron chi connectivity index (χ2n) is 8.72. The van der Waals surface area contributed by atoms with Gasteiger partial charge >= 0.3 is 6.18 Å². The minimum atomic E-state index is -4.79. The largest absolute Gasteiger partial charge is 0.508 e. The van der Waals surface area contributed by atoms with Crippen molar-refractivity contribution in [1.29, 1.82) is 0 Å². The second kappa shape index (κ2) is 8.30. The van der Waals surface area contributed by atoms with Crippen LogP contribution in [0.1, 0.15) is 51.3 Å². The summed E-state index contributed by atoms with van der Waals surface area (Å²) in [5, 5.41) is 13.3. The van der Waals surface area contributed by atoms with Gasteiger partial charge in [-0.25, -0.2) is 0 Å². The van der Waals surface area contributed by atoms with Crippen molar-refractivity contribution < 1.29 is 32.5 Å². The van der Waals surface area contributed by atoms with Gasteiger partial charge in [-0.2, -0.15) is 13.2 Å². The predicted octanol–water partition coefficient (Wildman–Crippen LogP) is 6.88. The molecule has 0 atom stereocenters. The zero-order chi connectivity index (χ0) is 24.8. The number of hydrogen-bond acceptors (Lipinski definition) is 6. The van der Waals surface area contributed by atoms with Gasteiger partial charge in [0.15, 0.2) is 5.78 Å². The van der Waals surface area contributed by atoms with Crippen LogP contribution in [0.3, 0.4) is 0 Å². The molecular formula is C24H24F3NO5. The number of rotatable bonds is 5. The molecule has 1 aliphatic heterocycles. The zero-order valence-electron chi connectivity index (χ0n) is 18.8. The van der Waals surface area contributed by atoms with E-state index < -0.39 is 34.4 Å². The Hall–Kier alpha value is -3.20. The van der Waals surface area contributed by atoms with Crippen molar-refractivity contribution in [2.75, 3.05) is 0 Å². The van der Waals surface area contributed by atoms with Crippen LogP contribution in [0, 0.1) is 4.91 Å². The molecule has 2 aromatic rings. The highest BCUT2D eigenvalue weighted by atomic mass is 19.4. The van der Waals surface area contributed by atoms with E-state index in [0.717, 1.165) is 11.6 Å². The molecule has 0 amide bonds. The summed E-state index contributed by atoms with van der Waals surface area (Å²) in [6.45, 7) is 8.37. The molecule has 0 aliphatic carbocycles. The lowest BCUT2D eigenvalue weighted by molar-refractivity contribution is -0.158. The molecule has 0 saturated heterocycles. The molecule has 0 saturated carbocycles. The summed E-state index contributed by atoms with van der Waals surface area (Å²) in [5.74, 6) is -0.675. The number of Topliss-reactive ketones (excluding diaryl/α,β-unsaturated/α-hetero) is 1. The fraction of sp³-hybridized carbons (Fsp3) is 0.375. The molecule has 9 heteroatoms. The van der Waals surface area contributed by atoms with E-state index in [9.17, 15) is 28.0 Å². The lowest BCUT2D eigenvalue weighted by Gasteiger charge is -2.40. The number of halogens is 3. The first-order valence-corrected chi connectivity index (χ1v) is 10.3. The molecule has 2 aromatic carbocycles. The van der Waals surface area contributed by atoms with Gasteiger partial charge in [0, 0.05) is 0 Å². The highest BCUT2D eigenvalue weighted by Crippen LogP contribution is 2.43. The summed E-state index contributed by atoms with van der Waals surface area (Å²) in [4.78, 5) is 23.9. The summed E-state index contributed by atoms with van der Waals surface area (Å²) in [6, 6.07) is 7.54. The highest BCUT2D eigenvalue weighted by molar-refractivity contribution is 6.26. The standard InChI is InChI=1S/C24H24F3NO5/c1-6-13-7-8-14(32-15-9-10-18(28-31)17(12-15)24(25,26)27)11-16(13)19-20(29)22(2,3)33-23(4,5)21(19)30/h7-12,29H,6H2,1-5H3. The van der Waals surface area contributed by atoms with E-state index in [1.807, 2.05) is 6.92 Å². The predicted molar refractivity (Wildman–Crippen MR) is 117 cm³/mol. The molecule has 0 spiro atoms. The maximum Gasteiger partial charge on any atom is 0.418 e. The van der Waals surface area contributed by atoms with Gasteiger partial charge in [-0.15, -0.1) is 4.91 Å². The number of aliphatic hydroxyl groups is 1. The molecule has 0 aromatic heterocycles. The first kappa shape index (κ1) is 24.4. The van der Waals surface area contributed by atoms with Crippen molar-refractivity contribution in [3.63, 3.8) is 0 Å². The average molecular weight is 463 g/mol. The maximum absolute atomic E-state index is 13.3. The van der Waals surface area contributed by atoms with Gasteiger partial charge in [-0.05, 0) is 80.8 Å². The quantitative estimate of drug-likeness (QED) is 0.489. The van der Waals surface area contributed by atoms with Crippen molar-refractivity contribution >= 4 is 17.0 Å². The molecule has 176 valence electrons. The smallest absolute Gasteiger partial charge is 0.418 e. The third kappa shape index (κ3) is 4.64. The molecular weight excluding hydrogens is 439 g/mol. The summed E-state index contributed by atoms with van der Waals surface area (Å²) < 4.78 is 51.2. The molecule has 3 rings (SSSR count). The number of nitroso groups, excluding NO2 is 1. The number of benzene rings is 2. The molecule has 1 aliphatic rings. The number of aryl methyl sites for hydroxylation is 1. The van der Waals surface area contributed by atoms with Crippen LogP contribution < -0.4 is 4.74 Å². The van der Waals surface area contributed by atoms with E-state index in [2.05, 4.69) is 5.18 Å². The Balaban J connectivity index is 2.11.